The summed E-state index contributed by atoms with van der Waals surface area (Å²) >= 11 is 0. The van der Waals surface area contributed by atoms with E-state index in [-0.39, 0.29) is 28.3 Å². The Bertz CT molecular complexity index is 1890. The maximum atomic E-state index is 14.5. The molecule has 0 atom stereocenters. The molecule has 0 amide bonds. The molecule has 0 aliphatic carbocycles. The average molecular weight is 601 g/mol. The molecule has 14 heteroatoms. The van der Waals surface area contributed by atoms with Crippen molar-refractivity contribution in [3.63, 3.8) is 0 Å². The van der Waals surface area contributed by atoms with Gasteiger partial charge in [0.1, 0.15) is 10.7 Å². The number of benzene rings is 3. The van der Waals surface area contributed by atoms with Gasteiger partial charge in [-0.3, -0.25) is 0 Å². The summed E-state index contributed by atoms with van der Waals surface area (Å²) in [6, 6.07) is 16.3. The highest BCUT2D eigenvalue weighted by molar-refractivity contribution is 7.93. The maximum Gasteiger partial charge on any atom is 0.356 e. The third-order valence-electron chi connectivity index (χ3n) is 6.01. The summed E-state index contributed by atoms with van der Waals surface area (Å²) in [6.45, 7) is 2.87. The Kier molecular flexibility index (Phi) is 6.99. The van der Waals surface area contributed by atoms with Crippen LogP contribution < -0.4 is 4.72 Å². The molecule has 39 heavy (non-hydrogen) atoms. The van der Waals surface area contributed by atoms with Gasteiger partial charge in [0.2, 0.25) is 9.84 Å². The molecular formula is C25H23F3N2O6S3. The van der Waals surface area contributed by atoms with Crippen LogP contribution in [0.3, 0.4) is 0 Å². The van der Waals surface area contributed by atoms with Crippen molar-refractivity contribution < 1.29 is 38.4 Å². The van der Waals surface area contributed by atoms with Crippen molar-refractivity contribution in [2.75, 3.05) is 0 Å². The van der Waals surface area contributed by atoms with Crippen LogP contribution >= 0.6 is 0 Å². The largest absolute Gasteiger partial charge is 0.356 e. The van der Waals surface area contributed by atoms with Gasteiger partial charge in [-0.05, 0) is 55.8 Å². The number of sulfonamides is 1. The fraction of sp³-hybridized carbons (Fsp3) is 0.200. The first-order valence-corrected chi connectivity index (χ1v) is 15.7. The first-order valence-electron chi connectivity index (χ1n) is 11.3. The smallest absolute Gasteiger partial charge is 0.222 e. The summed E-state index contributed by atoms with van der Waals surface area (Å²) in [5, 5.41) is -4.45. The molecule has 0 saturated carbocycles. The molecule has 4 rings (SSSR count). The zero-order valence-electron chi connectivity index (χ0n) is 20.8. The van der Waals surface area contributed by atoms with E-state index in [9.17, 15) is 38.4 Å². The van der Waals surface area contributed by atoms with Crippen LogP contribution in [0.4, 0.5) is 13.2 Å². The number of fused-ring (bicyclic) bond motifs is 1. The molecule has 3 aromatic carbocycles. The second-order valence-corrected chi connectivity index (χ2v) is 14.9. The fourth-order valence-electron chi connectivity index (χ4n) is 3.95. The highest BCUT2D eigenvalue weighted by atomic mass is 32.2. The molecule has 4 aromatic rings. The van der Waals surface area contributed by atoms with Crippen LogP contribution in [0.15, 0.2) is 93.7 Å². The van der Waals surface area contributed by atoms with Crippen molar-refractivity contribution in [1.29, 1.82) is 0 Å². The molecule has 0 bridgehead atoms. The van der Waals surface area contributed by atoms with E-state index in [1.807, 2.05) is 4.72 Å². The predicted molar refractivity (Wildman–Crippen MR) is 139 cm³/mol. The van der Waals surface area contributed by atoms with Gasteiger partial charge in [-0.25, -0.2) is 38.3 Å². The van der Waals surface area contributed by atoms with Crippen molar-refractivity contribution >= 4 is 40.8 Å². The van der Waals surface area contributed by atoms with Gasteiger partial charge in [-0.1, -0.05) is 42.5 Å². The third kappa shape index (κ3) is 5.09. The molecular weight excluding hydrogens is 577 g/mol. The first-order chi connectivity index (χ1) is 17.9. The lowest BCUT2D eigenvalue weighted by Crippen LogP contribution is -2.47. The van der Waals surface area contributed by atoms with Crippen LogP contribution in [0, 0.1) is 5.82 Å². The van der Waals surface area contributed by atoms with E-state index in [1.165, 1.54) is 56.3 Å². The van der Waals surface area contributed by atoms with E-state index in [0.29, 0.717) is 3.97 Å². The highest BCUT2D eigenvalue weighted by Crippen LogP contribution is 2.34. The summed E-state index contributed by atoms with van der Waals surface area (Å²) in [4.78, 5) is -1.08. The summed E-state index contributed by atoms with van der Waals surface area (Å²) in [7, 11) is -14.3. The van der Waals surface area contributed by atoms with Crippen LogP contribution in [0.1, 0.15) is 26.3 Å². The Hall–Kier alpha value is -3.20. The number of hydrogen-bond acceptors (Lipinski definition) is 6. The van der Waals surface area contributed by atoms with Crippen LogP contribution in [0.2, 0.25) is 0 Å². The topological polar surface area (TPSA) is 119 Å². The van der Waals surface area contributed by atoms with Crippen molar-refractivity contribution in [2.24, 2.45) is 0 Å². The number of halogens is 3. The van der Waals surface area contributed by atoms with Gasteiger partial charge in [0.25, 0.3) is 20.0 Å². The monoisotopic (exact) mass is 600 g/mol. The van der Waals surface area contributed by atoms with Gasteiger partial charge in [0, 0.05) is 12.3 Å². The van der Waals surface area contributed by atoms with Crippen LogP contribution in [-0.2, 0) is 35.4 Å². The molecule has 1 N–H and O–H groups in total. The standard InChI is InChI=1S/C25H23F3N2O6S3/c1-24(2,29-39(35,36)25(3,27)28)18-12-14-19(15-13-18)37(31,32)23-16-17-8-4-6-10-21(17)30(23)38(33,34)22-11-7-5-9-20(22)26/h4-16,29H,1-3H3. The predicted octanol–water partition coefficient (Wildman–Crippen LogP) is 4.62. The molecule has 0 fully saturated rings. The second kappa shape index (κ2) is 9.47. The number of aromatic nitrogens is 1. The van der Waals surface area contributed by atoms with Gasteiger partial charge in [-0.2, -0.15) is 8.78 Å². The fourth-order valence-corrected chi connectivity index (χ4v) is 8.32. The number of sulfone groups is 1. The molecule has 8 nitrogen and oxygen atoms in total. The third-order valence-corrected chi connectivity index (χ3v) is 11.4. The molecule has 0 saturated heterocycles. The summed E-state index contributed by atoms with van der Waals surface area (Å²) < 4.78 is 123. The number of hydrogen-bond donors (Lipinski definition) is 1. The lowest BCUT2D eigenvalue weighted by molar-refractivity contribution is 0.110. The minimum absolute atomic E-state index is 0.00646. The lowest BCUT2D eigenvalue weighted by atomic mass is 9.96. The molecule has 208 valence electrons. The zero-order chi connectivity index (χ0) is 29.0. The Morgan fingerprint density at radius 3 is 1.92 bits per heavy atom. The van der Waals surface area contributed by atoms with Gasteiger partial charge >= 0.3 is 5.25 Å². The number of rotatable bonds is 8. The molecule has 0 spiro atoms. The van der Waals surface area contributed by atoms with Gasteiger partial charge < -0.3 is 0 Å². The second-order valence-electron chi connectivity index (χ2n) is 9.31. The summed E-state index contributed by atoms with van der Waals surface area (Å²) in [5.74, 6) is -1.06. The van der Waals surface area contributed by atoms with Gasteiger partial charge in [0.15, 0.2) is 5.03 Å². The lowest BCUT2D eigenvalue weighted by Gasteiger charge is -2.28. The number of nitrogens with zero attached hydrogens (tertiary/aromatic N) is 1. The quantitative estimate of drug-likeness (QED) is 0.315. The first kappa shape index (κ1) is 28.8. The van der Waals surface area contributed by atoms with Crippen molar-refractivity contribution in [2.45, 2.75) is 46.4 Å². The van der Waals surface area contributed by atoms with Crippen molar-refractivity contribution in [1.82, 2.24) is 8.69 Å². The van der Waals surface area contributed by atoms with Crippen LogP contribution in [0.25, 0.3) is 10.9 Å². The van der Waals surface area contributed by atoms with E-state index in [4.69, 9.17) is 0 Å². The normalized spacial score (nSPS) is 13.6. The highest BCUT2D eigenvalue weighted by Gasteiger charge is 2.43. The van der Waals surface area contributed by atoms with Crippen molar-refractivity contribution in [3.05, 3.63) is 90.2 Å². The van der Waals surface area contributed by atoms with E-state index in [1.54, 1.807) is 6.07 Å². The van der Waals surface area contributed by atoms with Crippen molar-refractivity contribution in [3.8, 4) is 0 Å². The number of para-hydroxylation sites is 1. The molecule has 1 heterocycles. The molecule has 1 aromatic heterocycles. The van der Waals surface area contributed by atoms with E-state index >= 15 is 0 Å². The Morgan fingerprint density at radius 2 is 1.33 bits per heavy atom. The van der Waals surface area contributed by atoms with E-state index < -0.39 is 56.4 Å². The SMILES string of the molecule is CC(C)(NS(=O)(=O)C(C)(F)F)c1ccc(S(=O)(=O)c2cc3ccccc3n2S(=O)(=O)c2ccccc2F)cc1. The number of alkyl halides is 2. The van der Waals surface area contributed by atoms with Gasteiger partial charge in [0.05, 0.1) is 16.0 Å². The Labute approximate surface area is 224 Å². The molecule has 0 radical (unpaired) electrons. The summed E-state index contributed by atoms with van der Waals surface area (Å²) in [6.07, 6.45) is 0. The summed E-state index contributed by atoms with van der Waals surface area (Å²) in [5.41, 5.74) is -1.38. The minimum Gasteiger partial charge on any atom is -0.222 e. The van der Waals surface area contributed by atoms with Gasteiger partial charge in [-0.15, -0.1) is 0 Å². The minimum atomic E-state index is -5.05. The van der Waals surface area contributed by atoms with E-state index in [0.717, 1.165) is 30.3 Å². The van der Waals surface area contributed by atoms with Crippen LogP contribution in [0.5, 0.6) is 0 Å². The molecule has 0 unspecified atom stereocenters. The molecule has 0 aliphatic rings. The van der Waals surface area contributed by atoms with E-state index in [2.05, 4.69) is 0 Å². The zero-order valence-corrected chi connectivity index (χ0v) is 23.2. The average Bonchev–Trinajstić information content (AvgIpc) is 3.24. The van der Waals surface area contributed by atoms with Crippen LogP contribution in [-0.4, -0.2) is 34.5 Å². The molecule has 0 aliphatic heterocycles. The Balaban J connectivity index is 1.84. The maximum absolute atomic E-state index is 14.5. The Morgan fingerprint density at radius 1 is 0.769 bits per heavy atom. The number of nitrogens with one attached hydrogen (secondary N) is 1.